The van der Waals surface area contributed by atoms with Crippen LogP contribution in [0.15, 0.2) is 36.4 Å². The number of aromatic amines is 1. The Morgan fingerprint density at radius 2 is 1.78 bits per heavy atom. The van der Waals surface area contributed by atoms with Crippen molar-refractivity contribution in [1.29, 1.82) is 0 Å². The molecule has 1 fully saturated rings. The maximum atomic E-state index is 13.0. The van der Waals surface area contributed by atoms with Crippen LogP contribution in [-0.2, 0) is 6.18 Å². The van der Waals surface area contributed by atoms with Gasteiger partial charge in [-0.15, -0.1) is 0 Å². The van der Waals surface area contributed by atoms with Crippen LogP contribution in [0.5, 0.6) is 0 Å². The van der Waals surface area contributed by atoms with Crippen LogP contribution in [-0.4, -0.2) is 23.1 Å². The average Bonchev–Trinajstić information content (AvgIpc) is 3.07. The molecule has 0 aliphatic carbocycles. The molecule has 0 bridgehead atoms. The molecule has 1 saturated heterocycles. The number of fused-ring (bicyclic) bond motifs is 1. The van der Waals surface area contributed by atoms with Crippen molar-refractivity contribution in [2.45, 2.75) is 25.9 Å². The zero-order valence-electron chi connectivity index (χ0n) is 14.8. The van der Waals surface area contributed by atoms with Crippen molar-refractivity contribution in [2.24, 2.45) is 5.92 Å². The molecule has 2 heterocycles. The first-order valence-electron chi connectivity index (χ1n) is 8.93. The summed E-state index contributed by atoms with van der Waals surface area (Å²) in [5.74, 6) is 1.27. The molecule has 2 aromatic carbocycles. The van der Waals surface area contributed by atoms with Crippen LogP contribution in [0, 0.1) is 5.92 Å². The van der Waals surface area contributed by atoms with E-state index in [0.717, 1.165) is 42.4 Å². The molecular formula is C20H19ClF3N3. The maximum Gasteiger partial charge on any atom is 0.416 e. The van der Waals surface area contributed by atoms with E-state index in [1.165, 1.54) is 12.8 Å². The highest BCUT2D eigenvalue weighted by Crippen LogP contribution is 2.35. The largest absolute Gasteiger partial charge is 0.416 e. The Morgan fingerprint density at radius 1 is 1.11 bits per heavy atom. The quantitative estimate of drug-likeness (QED) is 0.567. The van der Waals surface area contributed by atoms with Gasteiger partial charge >= 0.3 is 6.18 Å². The lowest BCUT2D eigenvalue weighted by Crippen LogP contribution is -2.32. The highest BCUT2D eigenvalue weighted by atomic mass is 35.5. The van der Waals surface area contributed by atoms with Gasteiger partial charge in [-0.05, 0) is 55.2 Å². The number of halogens is 4. The molecule has 142 valence electrons. The van der Waals surface area contributed by atoms with E-state index in [0.29, 0.717) is 11.3 Å². The van der Waals surface area contributed by atoms with Gasteiger partial charge in [0, 0.05) is 24.3 Å². The minimum atomic E-state index is -4.45. The number of alkyl halides is 3. The third kappa shape index (κ3) is 3.63. The fourth-order valence-electron chi connectivity index (χ4n) is 3.47. The number of imidazole rings is 1. The van der Waals surface area contributed by atoms with E-state index in [9.17, 15) is 13.2 Å². The molecule has 3 nitrogen and oxygen atoms in total. The first-order valence-corrected chi connectivity index (χ1v) is 9.31. The number of nitrogens with zero attached hydrogens (tertiary/aromatic N) is 2. The fraction of sp³-hybridized carbons (Fsp3) is 0.350. The second-order valence-electron chi connectivity index (χ2n) is 7.15. The molecule has 0 spiro atoms. The van der Waals surface area contributed by atoms with Gasteiger partial charge in [-0.3, -0.25) is 0 Å². The Bertz CT molecular complexity index is 955. The van der Waals surface area contributed by atoms with Crippen LogP contribution in [0.4, 0.5) is 18.9 Å². The first-order chi connectivity index (χ1) is 12.8. The normalized spacial score (nSPS) is 16.3. The summed E-state index contributed by atoms with van der Waals surface area (Å²) in [6.07, 6.45) is -2.08. The lowest BCUT2D eigenvalue weighted by Gasteiger charge is -2.32. The van der Waals surface area contributed by atoms with E-state index in [-0.39, 0.29) is 10.5 Å². The Balaban J connectivity index is 1.63. The molecule has 0 amide bonds. The lowest BCUT2D eigenvalue weighted by molar-refractivity contribution is -0.137. The molecule has 0 unspecified atom stereocenters. The van der Waals surface area contributed by atoms with Gasteiger partial charge in [-0.2, -0.15) is 13.2 Å². The number of nitrogens with one attached hydrogen (secondary N) is 1. The van der Waals surface area contributed by atoms with E-state index in [4.69, 9.17) is 11.6 Å². The van der Waals surface area contributed by atoms with Crippen LogP contribution in [0.2, 0.25) is 5.02 Å². The average molecular weight is 394 g/mol. The zero-order chi connectivity index (χ0) is 19.2. The molecule has 4 rings (SSSR count). The molecule has 1 aliphatic heterocycles. The molecule has 27 heavy (non-hydrogen) atoms. The predicted octanol–water partition coefficient (Wildman–Crippen LogP) is 6.14. The summed E-state index contributed by atoms with van der Waals surface area (Å²) in [5.41, 5.74) is 1.79. The fourth-order valence-corrected chi connectivity index (χ4v) is 3.73. The van der Waals surface area contributed by atoms with Crippen LogP contribution in [0.3, 0.4) is 0 Å². The number of rotatable bonds is 2. The molecule has 1 N–H and O–H groups in total. The summed E-state index contributed by atoms with van der Waals surface area (Å²) in [7, 11) is 0. The number of hydrogen-bond acceptors (Lipinski definition) is 2. The van der Waals surface area contributed by atoms with Gasteiger partial charge in [-0.25, -0.2) is 4.98 Å². The molecular weight excluding hydrogens is 375 g/mol. The Morgan fingerprint density at radius 3 is 2.41 bits per heavy atom. The Labute approximate surface area is 160 Å². The van der Waals surface area contributed by atoms with E-state index in [2.05, 4.69) is 21.8 Å². The Hall–Kier alpha value is -2.21. The molecule has 1 aromatic heterocycles. The number of hydrogen-bond donors (Lipinski definition) is 1. The molecule has 1 aliphatic rings. The van der Waals surface area contributed by atoms with Gasteiger partial charge in [-0.1, -0.05) is 18.5 Å². The van der Waals surface area contributed by atoms with Crippen molar-refractivity contribution in [3.05, 3.63) is 47.0 Å². The van der Waals surface area contributed by atoms with Crippen LogP contribution < -0.4 is 4.90 Å². The second kappa shape index (κ2) is 6.75. The number of benzene rings is 2. The number of H-pyrrole nitrogens is 1. The summed E-state index contributed by atoms with van der Waals surface area (Å²) in [6, 6.07) is 9.88. The minimum absolute atomic E-state index is 0.0126. The summed E-state index contributed by atoms with van der Waals surface area (Å²) in [4.78, 5) is 9.71. The van der Waals surface area contributed by atoms with Gasteiger partial charge < -0.3 is 9.88 Å². The second-order valence-corrected chi connectivity index (χ2v) is 7.56. The van der Waals surface area contributed by atoms with Gasteiger partial charge in [0.1, 0.15) is 11.3 Å². The van der Waals surface area contributed by atoms with Gasteiger partial charge in [0.15, 0.2) is 0 Å². The van der Waals surface area contributed by atoms with Gasteiger partial charge in [0.25, 0.3) is 0 Å². The third-order valence-electron chi connectivity index (χ3n) is 5.16. The molecule has 0 radical (unpaired) electrons. The van der Waals surface area contributed by atoms with E-state index in [1.54, 1.807) is 0 Å². The van der Waals surface area contributed by atoms with Crippen LogP contribution in [0.25, 0.3) is 22.4 Å². The smallest absolute Gasteiger partial charge is 0.372 e. The van der Waals surface area contributed by atoms with Crippen LogP contribution in [0.1, 0.15) is 25.3 Å². The Kier molecular flexibility index (Phi) is 4.54. The molecule has 3 aromatic rings. The standard InChI is InChI=1S/C20H19ClF3N3/c1-12-6-8-27(9-7-12)15-4-2-13(3-5-15)19-25-17-11-14(20(22,23)24)10-16(21)18(17)26-19/h2-5,10-12H,6-9H2,1H3,(H,25,26). The number of anilines is 1. The SMILES string of the molecule is CC1CCN(c2ccc(-c3nc4c(Cl)cc(C(F)(F)F)cc4[nH]3)cc2)CC1. The monoisotopic (exact) mass is 393 g/mol. The topological polar surface area (TPSA) is 31.9 Å². The summed E-state index contributed by atoms with van der Waals surface area (Å²) in [6.45, 7) is 4.36. The minimum Gasteiger partial charge on any atom is -0.372 e. The van der Waals surface area contributed by atoms with Crippen molar-refractivity contribution < 1.29 is 13.2 Å². The maximum absolute atomic E-state index is 13.0. The number of aromatic nitrogens is 2. The van der Waals surface area contributed by atoms with Gasteiger partial charge in [0.2, 0.25) is 0 Å². The van der Waals surface area contributed by atoms with Gasteiger partial charge in [0.05, 0.1) is 16.1 Å². The van der Waals surface area contributed by atoms with Crippen molar-refractivity contribution in [1.82, 2.24) is 9.97 Å². The molecule has 7 heteroatoms. The summed E-state index contributed by atoms with van der Waals surface area (Å²) < 4.78 is 38.9. The van der Waals surface area contributed by atoms with Crippen molar-refractivity contribution >= 4 is 28.3 Å². The zero-order valence-corrected chi connectivity index (χ0v) is 15.5. The van der Waals surface area contributed by atoms with E-state index >= 15 is 0 Å². The van der Waals surface area contributed by atoms with E-state index < -0.39 is 11.7 Å². The number of piperidine rings is 1. The molecule has 0 atom stereocenters. The first kappa shape index (κ1) is 18.2. The highest BCUT2D eigenvalue weighted by molar-refractivity contribution is 6.35. The third-order valence-corrected chi connectivity index (χ3v) is 5.45. The lowest BCUT2D eigenvalue weighted by atomic mass is 9.98. The molecule has 0 saturated carbocycles. The van der Waals surface area contributed by atoms with Crippen molar-refractivity contribution in [3.63, 3.8) is 0 Å². The van der Waals surface area contributed by atoms with Crippen molar-refractivity contribution in [2.75, 3.05) is 18.0 Å². The van der Waals surface area contributed by atoms with E-state index in [1.807, 2.05) is 24.3 Å². The summed E-state index contributed by atoms with van der Waals surface area (Å²) in [5, 5.41) is -0.0126. The van der Waals surface area contributed by atoms with Crippen molar-refractivity contribution in [3.8, 4) is 11.4 Å². The highest BCUT2D eigenvalue weighted by Gasteiger charge is 2.31. The summed E-state index contributed by atoms with van der Waals surface area (Å²) >= 11 is 6.02. The van der Waals surface area contributed by atoms with Crippen LogP contribution >= 0.6 is 11.6 Å². The predicted molar refractivity (Wildman–Crippen MR) is 102 cm³/mol.